The van der Waals surface area contributed by atoms with Crippen molar-refractivity contribution in [2.75, 3.05) is 5.32 Å². The highest BCUT2D eigenvalue weighted by Crippen LogP contribution is 2.54. The van der Waals surface area contributed by atoms with E-state index in [0.29, 0.717) is 5.69 Å². The van der Waals surface area contributed by atoms with Gasteiger partial charge in [-0.25, -0.2) is 4.39 Å². The zero-order valence-electron chi connectivity index (χ0n) is 9.55. The van der Waals surface area contributed by atoms with Crippen LogP contribution < -0.4 is 5.32 Å². The predicted molar refractivity (Wildman–Crippen MR) is 69.4 cm³/mol. The van der Waals surface area contributed by atoms with E-state index in [1.54, 1.807) is 0 Å². The van der Waals surface area contributed by atoms with E-state index in [2.05, 4.69) is 5.32 Å². The van der Waals surface area contributed by atoms with E-state index in [1.807, 2.05) is 0 Å². The van der Waals surface area contributed by atoms with Crippen molar-refractivity contribution in [2.24, 2.45) is 17.8 Å². The minimum atomic E-state index is -0.654. The van der Waals surface area contributed by atoms with Crippen LogP contribution in [0.25, 0.3) is 0 Å². The first kappa shape index (κ1) is 12.2. The Morgan fingerprint density at radius 2 is 1.72 bits per heavy atom. The van der Waals surface area contributed by atoms with E-state index in [0.717, 1.165) is 24.7 Å². The lowest BCUT2D eigenvalue weighted by Gasteiger charge is -2.13. The van der Waals surface area contributed by atoms with Gasteiger partial charge in [0.1, 0.15) is 0 Å². The number of halogens is 3. The fraction of sp³-hybridized carbons (Fsp3) is 0.462. The first-order chi connectivity index (χ1) is 8.54. The molecule has 2 nitrogen and oxygen atoms in total. The Bertz CT molecular complexity index is 487. The summed E-state index contributed by atoms with van der Waals surface area (Å²) < 4.78 is 13.2. The normalized spacial score (nSPS) is 28.9. The minimum Gasteiger partial charge on any atom is -0.326 e. The molecule has 2 unspecified atom stereocenters. The van der Waals surface area contributed by atoms with Crippen LogP contribution in [-0.4, -0.2) is 5.91 Å². The van der Waals surface area contributed by atoms with E-state index >= 15 is 0 Å². The summed E-state index contributed by atoms with van der Waals surface area (Å²) in [6.45, 7) is 0. The molecule has 96 valence electrons. The van der Waals surface area contributed by atoms with E-state index in [9.17, 15) is 9.18 Å². The number of carbonyl (C=O) groups excluding carboxylic acids is 1. The second-order valence-corrected chi connectivity index (χ2v) is 5.98. The summed E-state index contributed by atoms with van der Waals surface area (Å²) in [7, 11) is 0. The molecule has 18 heavy (non-hydrogen) atoms. The second kappa shape index (κ2) is 4.39. The standard InChI is InChI=1S/C13H12Cl2FNO/c14-10-4-9(5-11(15)12(10)16)17-13(18)8-2-6-1-7(6)3-8/h4-8H,1-3H2,(H,17,18). The molecule has 0 heterocycles. The molecule has 2 aliphatic rings. The highest BCUT2D eigenvalue weighted by Gasteiger charge is 2.47. The molecule has 1 amide bonds. The molecule has 2 aliphatic carbocycles. The topological polar surface area (TPSA) is 29.1 Å². The van der Waals surface area contributed by atoms with Crippen molar-refractivity contribution in [1.29, 1.82) is 0 Å². The van der Waals surface area contributed by atoms with Gasteiger partial charge in [0, 0.05) is 11.6 Å². The minimum absolute atomic E-state index is 0.0130. The van der Waals surface area contributed by atoms with Crippen molar-refractivity contribution in [3.63, 3.8) is 0 Å². The maximum atomic E-state index is 13.2. The average Bonchev–Trinajstić information content (AvgIpc) is 2.93. The van der Waals surface area contributed by atoms with Gasteiger partial charge < -0.3 is 5.32 Å². The number of carbonyl (C=O) groups is 1. The molecular weight excluding hydrogens is 276 g/mol. The fourth-order valence-corrected chi connectivity index (χ4v) is 3.29. The Morgan fingerprint density at radius 3 is 2.28 bits per heavy atom. The van der Waals surface area contributed by atoms with Gasteiger partial charge in [0.05, 0.1) is 10.0 Å². The van der Waals surface area contributed by atoms with Crippen LogP contribution in [0.5, 0.6) is 0 Å². The first-order valence-electron chi connectivity index (χ1n) is 6.00. The molecule has 5 heteroatoms. The summed E-state index contributed by atoms with van der Waals surface area (Å²) in [5, 5.41) is 2.61. The van der Waals surface area contributed by atoms with Crippen LogP contribution in [0.1, 0.15) is 19.3 Å². The summed E-state index contributed by atoms with van der Waals surface area (Å²) in [6, 6.07) is 2.77. The van der Waals surface area contributed by atoms with Crippen molar-refractivity contribution in [3.8, 4) is 0 Å². The van der Waals surface area contributed by atoms with Crippen LogP contribution in [0, 0.1) is 23.6 Å². The summed E-state index contributed by atoms with van der Waals surface area (Å²) >= 11 is 11.4. The van der Waals surface area contributed by atoms with Crippen LogP contribution in [0.4, 0.5) is 10.1 Å². The highest BCUT2D eigenvalue weighted by molar-refractivity contribution is 6.35. The van der Waals surface area contributed by atoms with E-state index in [4.69, 9.17) is 23.2 Å². The number of amides is 1. The largest absolute Gasteiger partial charge is 0.326 e. The SMILES string of the molecule is O=C(Nc1cc(Cl)c(F)c(Cl)c1)C1CC2CC2C1. The lowest BCUT2D eigenvalue weighted by Crippen LogP contribution is -2.21. The van der Waals surface area contributed by atoms with Gasteiger partial charge in [0.25, 0.3) is 0 Å². The lowest BCUT2D eigenvalue weighted by atomic mass is 10.0. The number of nitrogens with one attached hydrogen (secondary N) is 1. The number of benzene rings is 1. The third-order valence-electron chi connectivity index (χ3n) is 3.87. The van der Waals surface area contributed by atoms with E-state index in [-0.39, 0.29) is 21.9 Å². The number of hydrogen-bond acceptors (Lipinski definition) is 1. The van der Waals surface area contributed by atoms with Gasteiger partial charge >= 0.3 is 0 Å². The lowest BCUT2D eigenvalue weighted by molar-refractivity contribution is -0.120. The Kier molecular flexibility index (Phi) is 2.99. The van der Waals surface area contributed by atoms with Crippen LogP contribution in [0.2, 0.25) is 10.0 Å². The number of rotatable bonds is 2. The molecule has 0 bridgehead atoms. The number of hydrogen-bond donors (Lipinski definition) is 1. The molecule has 2 atom stereocenters. The van der Waals surface area contributed by atoms with Crippen LogP contribution in [-0.2, 0) is 4.79 Å². The zero-order valence-corrected chi connectivity index (χ0v) is 11.1. The molecule has 0 spiro atoms. The molecule has 1 aromatic rings. The zero-order chi connectivity index (χ0) is 12.9. The maximum Gasteiger partial charge on any atom is 0.227 e. The third kappa shape index (κ3) is 2.21. The molecule has 0 aliphatic heterocycles. The summed E-state index contributed by atoms with van der Waals surface area (Å²) in [5.41, 5.74) is 0.456. The molecular formula is C13H12Cl2FNO. The Hall–Kier alpha value is -0.800. The van der Waals surface area contributed by atoms with Crippen LogP contribution in [0.3, 0.4) is 0 Å². The third-order valence-corrected chi connectivity index (χ3v) is 4.42. The average molecular weight is 288 g/mol. The molecule has 1 aromatic carbocycles. The van der Waals surface area contributed by atoms with Crippen LogP contribution in [0.15, 0.2) is 12.1 Å². The van der Waals surface area contributed by atoms with Crippen molar-refractivity contribution < 1.29 is 9.18 Å². The number of anilines is 1. The van der Waals surface area contributed by atoms with Gasteiger partial charge in [-0.15, -0.1) is 0 Å². The molecule has 0 radical (unpaired) electrons. The molecule has 0 aromatic heterocycles. The molecule has 1 N–H and O–H groups in total. The van der Waals surface area contributed by atoms with E-state index < -0.39 is 5.82 Å². The second-order valence-electron chi connectivity index (χ2n) is 5.17. The van der Waals surface area contributed by atoms with Crippen molar-refractivity contribution in [1.82, 2.24) is 0 Å². The van der Waals surface area contributed by atoms with E-state index in [1.165, 1.54) is 18.6 Å². The van der Waals surface area contributed by atoms with Crippen molar-refractivity contribution >= 4 is 34.8 Å². The molecule has 2 fully saturated rings. The molecule has 0 saturated heterocycles. The highest BCUT2D eigenvalue weighted by atomic mass is 35.5. The van der Waals surface area contributed by atoms with Gasteiger partial charge in [-0.05, 0) is 43.2 Å². The van der Waals surface area contributed by atoms with Gasteiger partial charge in [-0.1, -0.05) is 23.2 Å². The Balaban J connectivity index is 1.70. The summed E-state index contributed by atoms with van der Waals surface area (Å²) in [5.74, 6) is 0.915. The monoisotopic (exact) mass is 287 g/mol. The van der Waals surface area contributed by atoms with Crippen molar-refractivity contribution in [2.45, 2.75) is 19.3 Å². The smallest absolute Gasteiger partial charge is 0.227 e. The Labute approximate surface area is 114 Å². The fourth-order valence-electron chi connectivity index (χ4n) is 2.80. The first-order valence-corrected chi connectivity index (χ1v) is 6.75. The summed E-state index contributed by atoms with van der Waals surface area (Å²) in [6.07, 6.45) is 3.22. The van der Waals surface area contributed by atoms with Crippen LogP contribution >= 0.6 is 23.2 Å². The van der Waals surface area contributed by atoms with Gasteiger partial charge in [-0.2, -0.15) is 0 Å². The number of fused-ring (bicyclic) bond motifs is 1. The van der Waals surface area contributed by atoms with Crippen molar-refractivity contribution in [3.05, 3.63) is 28.0 Å². The van der Waals surface area contributed by atoms with Gasteiger partial charge in [0.2, 0.25) is 5.91 Å². The molecule has 2 saturated carbocycles. The Morgan fingerprint density at radius 1 is 1.17 bits per heavy atom. The summed E-state index contributed by atoms with van der Waals surface area (Å²) in [4.78, 5) is 12.0. The molecule has 3 rings (SSSR count). The van der Waals surface area contributed by atoms with Gasteiger partial charge in [-0.3, -0.25) is 4.79 Å². The maximum absolute atomic E-state index is 13.2. The quantitative estimate of drug-likeness (QED) is 0.815. The predicted octanol–water partition coefficient (Wildman–Crippen LogP) is 4.12. The van der Waals surface area contributed by atoms with Gasteiger partial charge in [0.15, 0.2) is 5.82 Å².